The number of fused-ring (bicyclic) bond motifs is 5. The van der Waals surface area contributed by atoms with Crippen LogP contribution in [0.2, 0.25) is 0 Å². The molecule has 1 aliphatic heterocycles. The molecule has 0 unspecified atom stereocenters. The molecule has 0 radical (unpaired) electrons. The predicted octanol–water partition coefficient (Wildman–Crippen LogP) is 3.39. The monoisotopic (exact) mass is 831 g/mol. The molecule has 15 heteroatoms. The van der Waals surface area contributed by atoms with Gasteiger partial charge >= 0.3 is 23.9 Å². The summed E-state index contributed by atoms with van der Waals surface area (Å²) in [4.78, 5) is 82.9. The zero-order valence-electron chi connectivity index (χ0n) is 34.9. The van der Waals surface area contributed by atoms with E-state index in [1.165, 1.54) is 26.0 Å². The number of benzene rings is 2. The van der Waals surface area contributed by atoms with Crippen LogP contribution in [0.3, 0.4) is 0 Å². The topological polar surface area (TPSA) is 221 Å². The Morgan fingerprint density at radius 2 is 1.53 bits per heavy atom. The van der Waals surface area contributed by atoms with E-state index in [0.717, 1.165) is 13.8 Å². The zero-order valence-corrected chi connectivity index (χ0v) is 34.9. The van der Waals surface area contributed by atoms with Crippen molar-refractivity contribution in [1.82, 2.24) is 5.32 Å². The molecule has 4 N–H and O–H groups in total. The fourth-order valence-corrected chi connectivity index (χ4v) is 9.75. The molecule has 60 heavy (non-hydrogen) atoms. The standard InChI is InChI=1S/C45H53NO14/c1-9-23(2)39(52)46-33(27-16-12-10-13-17-27)34(50)41(54)58-29-21-45(55)38(59-40(53)28-18-14-11-15-19-28)36-43(8,30(49)20-31-44(36,22-56-31)60-26(5)48)37(51)35(57-25(4)47)32(24(29)3)42(45,6)7/h9-19,29-31,33-36,38,49-50,55H,20-22H2,1-8H3,(H,46,52)/b23-9+/t29-,30+,31+,33+,34+,35+,36-,38-,43+,44-,45+/m0/s1. The molecule has 1 heterocycles. The maximum atomic E-state index is 15.4. The van der Waals surface area contributed by atoms with Crippen LogP contribution in [-0.4, -0.2) is 105 Å². The van der Waals surface area contributed by atoms with E-state index in [2.05, 4.69) is 5.32 Å². The lowest BCUT2D eigenvalue weighted by molar-refractivity contribution is -0.346. The summed E-state index contributed by atoms with van der Waals surface area (Å²) >= 11 is 0. The number of ether oxygens (including phenoxy) is 5. The Bertz CT molecular complexity index is 2110. The first kappa shape index (κ1) is 44.3. The third kappa shape index (κ3) is 7.24. The molecule has 0 spiro atoms. The third-order valence-corrected chi connectivity index (χ3v) is 13.2. The van der Waals surface area contributed by atoms with Gasteiger partial charge in [-0.25, -0.2) is 9.59 Å². The smallest absolute Gasteiger partial charge is 0.338 e. The number of carbonyl (C=O) groups is 6. The summed E-state index contributed by atoms with van der Waals surface area (Å²) in [5.41, 5.74) is -6.91. The van der Waals surface area contributed by atoms with Gasteiger partial charge in [-0.05, 0) is 56.5 Å². The van der Waals surface area contributed by atoms with Crippen LogP contribution in [-0.2, 0) is 47.7 Å². The molecule has 322 valence electrons. The van der Waals surface area contributed by atoms with Gasteiger partial charge in [-0.15, -0.1) is 0 Å². The van der Waals surface area contributed by atoms with E-state index in [0.29, 0.717) is 11.1 Å². The van der Waals surface area contributed by atoms with Crippen LogP contribution in [0.25, 0.3) is 0 Å². The fraction of sp³-hybridized carbons (Fsp3) is 0.511. The van der Waals surface area contributed by atoms with Crippen LogP contribution < -0.4 is 5.32 Å². The lowest BCUT2D eigenvalue weighted by Crippen LogP contribution is -2.82. The number of amides is 1. The first-order chi connectivity index (χ1) is 28.1. The lowest BCUT2D eigenvalue weighted by Gasteiger charge is -2.67. The number of rotatable bonds is 10. The summed E-state index contributed by atoms with van der Waals surface area (Å²) in [6.45, 7) is 11.2. The largest absolute Gasteiger partial charge is 0.456 e. The molecule has 15 nitrogen and oxygen atoms in total. The number of aliphatic hydroxyl groups excluding tert-OH is 2. The van der Waals surface area contributed by atoms with Gasteiger partial charge in [-0.3, -0.25) is 19.2 Å². The number of Topliss-reactive ketones (excluding diaryl/α,β-unsaturated/α-hetero) is 1. The van der Waals surface area contributed by atoms with Crippen LogP contribution in [0.1, 0.15) is 90.2 Å². The third-order valence-electron chi connectivity index (χ3n) is 13.2. The molecule has 2 aromatic rings. The van der Waals surface area contributed by atoms with Crippen LogP contribution in [0.4, 0.5) is 0 Å². The molecule has 3 fully saturated rings. The highest BCUT2D eigenvalue weighted by Crippen LogP contribution is 2.64. The molecule has 1 saturated heterocycles. The Kier molecular flexibility index (Phi) is 12.1. The average Bonchev–Trinajstić information content (AvgIpc) is 3.20. The van der Waals surface area contributed by atoms with Gasteiger partial charge in [0.25, 0.3) is 0 Å². The second-order valence-corrected chi connectivity index (χ2v) is 17.0. The van der Waals surface area contributed by atoms with Gasteiger partial charge in [0, 0.05) is 37.7 Å². The molecule has 4 aliphatic rings. The van der Waals surface area contributed by atoms with Gasteiger partial charge in [0.05, 0.1) is 35.6 Å². The Morgan fingerprint density at radius 1 is 0.917 bits per heavy atom. The number of allylic oxidation sites excluding steroid dienone is 1. The Labute approximate surface area is 348 Å². The second kappa shape index (κ2) is 16.3. The van der Waals surface area contributed by atoms with Crippen molar-refractivity contribution in [3.8, 4) is 0 Å². The van der Waals surface area contributed by atoms with Gasteiger partial charge in [-0.1, -0.05) is 68.5 Å². The van der Waals surface area contributed by atoms with Crippen molar-refractivity contribution in [3.63, 3.8) is 0 Å². The lowest BCUT2D eigenvalue weighted by atomic mass is 9.44. The van der Waals surface area contributed by atoms with Crippen molar-refractivity contribution in [2.24, 2.45) is 16.7 Å². The number of esters is 4. The van der Waals surface area contributed by atoms with E-state index in [4.69, 9.17) is 23.7 Å². The van der Waals surface area contributed by atoms with E-state index >= 15 is 4.79 Å². The normalized spacial score (nSPS) is 32.9. The van der Waals surface area contributed by atoms with E-state index < -0.39 is 113 Å². The number of hydrogen-bond acceptors (Lipinski definition) is 14. The van der Waals surface area contributed by atoms with Crippen molar-refractivity contribution in [2.75, 3.05) is 6.61 Å². The predicted molar refractivity (Wildman–Crippen MR) is 211 cm³/mol. The molecule has 2 bridgehead atoms. The minimum absolute atomic E-state index is 0.00140. The SMILES string of the molecule is C/C=C(\C)C(=O)N[C@H](c1ccccc1)[C@@H](O)C(=O)O[C@H]1C[C@@]2(O)[C@@H](OC(=O)c3ccccc3)[C@@H]3[C@]4(OC(C)=O)CO[C@@H]4C[C@@H](O)[C@@]3(C)C(=O)[C@H](OC(C)=O)C(=C1C)C2(C)C. The summed E-state index contributed by atoms with van der Waals surface area (Å²) in [7, 11) is 0. The quantitative estimate of drug-likeness (QED) is 0.117. The number of nitrogens with one attached hydrogen (secondary N) is 1. The summed E-state index contributed by atoms with van der Waals surface area (Å²) in [5.74, 6) is -6.78. The van der Waals surface area contributed by atoms with Crippen LogP contribution in [0, 0.1) is 16.7 Å². The summed E-state index contributed by atoms with van der Waals surface area (Å²) in [6.07, 6.45) is -8.88. The molecule has 2 aromatic carbocycles. The Hall–Kier alpha value is -5.22. The van der Waals surface area contributed by atoms with Gasteiger partial charge in [0.1, 0.15) is 23.9 Å². The van der Waals surface area contributed by atoms with E-state index in [1.54, 1.807) is 82.3 Å². The highest BCUT2D eigenvalue weighted by molar-refractivity contribution is 5.96. The average molecular weight is 832 g/mol. The summed E-state index contributed by atoms with van der Waals surface area (Å²) in [5, 5.41) is 40.0. The fourth-order valence-electron chi connectivity index (χ4n) is 9.75. The summed E-state index contributed by atoms with van der Waals surface area (Å²) < 4.78 is 30.2. The van der Waals surface area contributed by atoms with Gasteiger partial charge in [-0.2, -0.15) is 0 Å². The minimum atomic E-state index is -2.38. The Balaban J connectivity index is 1.56. The number of carbonyl (C=O) groups excluding carboxylic acids is 6. The second-order valence-electron chi connectivity index (χ2n) is 17.0. The minimum Gasteiger partial charge on any atom is -0.456 e. The number of ketones is 1. The van der Waals surface area contributed by atoms with Gasteiger partial charge in [0.15, 0.2) is 23.6 Å². The van der Waals surface area contributed by atoms with Gasteiger partial charge in [0.2, 0.25) is 5.91 Å². The molecular weight excluding hydrogens is 778 g/mol. The molecule has 1 amide bonds. The van der Waals surface area contributed by atoms with E-state index in [9.17, 15) is 39.3 Å². The van der Waals surface area contributed by atoms with Crippen molar-refractivity contribution in [2.45, 2.75) is 122 Å². The first-order valence-corrected chi connectivity index (χ1v) is 19.9. The summed E-state index contributed by atoms with van der Waals surface area (Å²) in [6, 6.07) is 14.8. The maximum absolute atomic E-state index is 15.4. The van der Waals surface area contributed by atoms with Crippen LogP contribution >= 0.6 is 0 Å². The van der Waals surface area contributed by atoms with Crippen molar-refractivity contribution in [1.29, 1.82) is 0 Å². The molecule has 0 aromatic heterocycles. The highest BCUT2D eigenvalue weighted by Gasteiger charge is 2.78. The van der Waals surface area contributed by atoms with Crippen molar-refractivity contribution in [3.05, 3.63) is 94.6 Å². The first-order valence-electron chi connectivity index (χ1n) is 19.9. The molecule has 3 aliphatic carbocycles. The van der Waals surface area contributed by atoms with E-state index in [1.807, 2.05) is 0 Å². The number of aliphatic hydroxyl groups is 3. The van der Waals surface area contributed by atoms with E-state index in [-0.39, 0.29) is 29.7 Å². The van der Waals surface area contributed by atoms with Crippen molar-refractivity contribution >= 4 is 35.6 Å². The molecule has 2 saturated carbocycles. The van der Waals surface area contributed by atoms with Crippen LogP contribution in [0.5, 0.6) is 0 Å². The molecule has 6 rings (SSSR count). The Morgan fingerprint density at radius 3 is 2.08 bits per heavy atom. The maximum Gasteiger partial charge on any atom is 0.338 e. The molecular formula is C45H53NO14. The van der Waals surface area contributed by atoms with Crippen molar-refractivity contribution < 1.29 is 67.8 Å². The van der Waals surface area contributed by atoms with Crippen LogP contribution in [0.15, 0.2) is 83.5 Å². The molecule has 11 atom stereocenters. The zero-order chi connectivity index (χ0) is 44.1. The number of hydrogen-bond donors (Lipinski definition) is 4. The highest BCUT2D eigenvalue weighted by atomic mass is 16.6. The van der Waals surface area contributed by atoms with Gasteiger partial charge < -0.3 is 44.3 Å².